The number of rotatable bonds is 4. The van der Waals surface area contributed by atoms with Gasteiger partial charge in [0.25, 0.3) is 0 Å². The molecule has 6 heteroatoms. The van der Waals surface area contributed by atoms with Gasteiger partial charge in [0, 0.05) is 23.6 Å². The Morgan fingerprint density at radius 1 is 1.26 bits per heavy atom. The molecule has 0 spiro atoms. The van der Waals surface area contributed by atoms with Crippen molar-refractivity contribution < 1.29 is 13.9 Å². The number of carbonyl (C=O) groups is 1. The zero-order chi connectivity index (χ0) is 16.2. The van der Waals surface area contributed by atoms with Gasteiger partial charge in [-0.05, 0) is 36.8 Å². The first-order chi connectivity index (χ1) is 11.2. The summed E-state index contributed by atoms with van der Waals surface area (Å²) in [5.74, 6) is -0.997. The molecule has 23 heavy (non-hydrogen) atoms. The number of hydrogen-bond donors (Lipinski definition) is 0. The minimum absolute atomic E-state index is 0.227. The van der Waals surface area contributed by atoms with E-state index in [-0.39, 0.29) is 5.69 Å². The smallest absolute Gasteiger partial charge is 0.358 e. The number of ether oxygens (including phenoxy) is 1. The van der Waals surface area contributed by atoms with Gasteiger partial charge < -0.3 is 9.30 Å². The Labute approximate surface area is 132 Å². The van der Waals surface area contributed by atoms with Crippen LogP contribution in [-0.4, -0.2) is 27.1 Å². The molecule has 0 aliphatic heterocycles. The Balaban J connectivity index is 1.95. The van der Waals surface area contributed by atoms with Gasteiger partial charge in [0.1, 0.15) is 6.33 Å². The van der Waals surface area contributed by atoms with Crippen LogP contribution in [-0.2, 0) is 4.74 Å². The maximum atomic E-state index is 13.8. The largest absolute Gasteiger partial charge is 0.461 e. The van der Waals surface area contributed by atoms with Crippen LogP contribution in [0.25, 0.3) is 16.8 Å². The van der Waals surface area contributed by atoms with Crippen LogP contribution < -0.4 is 0 Å². The molecule has 0 N–H and O–H groups in total. The molecular weight excluding hydrogens is 297 g/mol. The molecule has 3 aromatic rings. The lowest BCUT2D eigenvalue weighted by atomic mass is 10.1. The van der Waals surface area contributed by atoms with Crippen LogP contribution in [0, 0.1) is 5.95 Å². The lowest BCUT2D eigenvalue weighted by Crippen LogP contribution is -2.04. The van der Waals surface area contributed by atoms with Gasteiger partial charge in [-0.2, -0.15) is 4.39 Å². The zero-order valence-electron chi connectivity index (χ0n) is 12.4. The zero-order valence-corrected chi connectivity index (χ0v) is 12.4. The van der Waals surface area contributed by atoms with Crippen molar-refractivity contribution in [1.29, 1.82) is 0 Å². The van der Waals surface area contributed by atoms with Crippen molar-refractivity contribution in [3.63, 3.8) is 0 Å². The van der Waals surface area contributed by atoms with Crippen LogP contribution in [0.5, 0.6) is 0 Å². The molecule has 0 amide bonds. The van der Waals surface area contributed by atoms with Crippen LogP contribution >= 0.6 is 0 Å². The molecule has 116 valence electrons. The van der Waals surface area contributed by atoms with E-state index in [4.69, 9.17) is 4.74 Å². The van der Waals surface area contributed by atoms with Crippen molar-refractivity contribution in [2.24, 2.45) is 0 Å². The quantitative estimate of drug-likeness (QED) is 0.548. The van der Waals surface area contributed by atoms with Crippen LogP contribution in [0.3, 0.4) is 0 Å². The average Bonchev–Trinajstić information content (AvgIpc) is 3.06. The van der Waals surface area contributed by atoms with Crippen molar-refractivity contribution in [1.82, 2.24) is 14.5 Å². The summed E-state index contributed by atoms with van der Waals surface area (Å²) < 4.78 is 20.4. The number of carbonyl (C=O) groups excluding carboxylic acids is 1. The number of hydrogen-bond acceptors (Lipinski definition) is 4. The van der Waals surface area contributed by atoms with Crippen molar-refractivity contribution in [2.45, 2.75) is 6.92 Å². The third-order valence-electron chi connectivity index (χ3n) is 3.28. The first kappa shape index (κ1) is 14.9. The average molecular weight is 311 g/mol. The molecule has 0 fully saturated rings. The SMILES string of the molecule is CCOC(=O)c1cn(-c2cccc(-c3cccnc3F)c2)cn1. The Morgan fingerprint density at radius 3 is 2.91 bits per heavy atom. The highest BCUT2D eigenvalue weighted by Gasteiger charge is 2.11. The molecule has 3 rings (SSSR count). The lowest BCUT2D eigenvalue weighted by molar-refractivity contribution is 0.0520. The summed E-state index contributed by atoms with van der Waals surface area (Å²) in [6.07, 6.45) is 4.51. The minimum atomic E-state index is -0.525. The molecule has 2 heterocycles. The Hall–Kier alpha value is -3.02. The molecule has 5 nitrogen and oxygen atoms in total. The topological polar surface area (TPSA) is 57.0 Å². The molecule has 0 unspecified atom stereocenters. The summed E-state index contributed by atoms with van der Waals surface area (Å²) in [7, 11) is 0. The van der Waals surface area contributed by atoms with E-state index in [9.17, 15) is 9.18 Å². The maximum absolute atomic E-state index is 13.8. The predicted octanol–water partition coefficient (Wildman–Crippen LogP) is 3.25. The summed E-state index contributed by atoms with van der Waals surface area (Å²) in [6, 6.07) is 10.6. The molecule has 0 bridgehead atoms. The normalized spacial score (nSPS) is 10.5. The highest BCUT2D eigenvalue weighted by molar-refractivity contribution is 5.87. The molecular formula is C17H14FN3O2. The molecule has 0 saturated carbocycles. The number of pyridine rings is 1. The number of nitrogens with zero attached hydrogens (tertiary/aromatic N) is 3. The molecule has 0 aliphatic carbocycles. The second-order valence-corrected chi connectivity index (χ2v) is 4.78. The van der Waals surface area contributed by atoms with Gasteiger partial charge >= 0.3 is 5.97 Å². The predicted molar refractivity (Wildman–Crippen MR) is 82.7 cm³/mol. The summed E-state index contributed by atoms with van der Waals surface area (Å²) in [5.41, 5.74) is 2.10. The summed E-state index contributed by atoms with van der Waals surface area (Å²) in [4.78, 5) is 19.4. The Morgan fingerprint density at radius 2 is 2.13 bits per heavy atom. The second kappa shape index (κ2) is 6.39. The minimum Gasteiger partial charge on any atom is -0.461 e. The number of imidazole rings is 1. The molecule has 1 aromatic carbocycles. The number of halogens is 1. The van der Waals surface area contributed by atoms with Crippen LogP contribution in [0.4, 0.5) is 4.39 Å². The van der Waals surface area contributed by atoms with Crippen molar-refractivity contribution in [2.75, 3.05) is 6.61 Å². The molecule has 0 radical (unpaired) electrons. The number of esters is 1. The van der Waals surface area contributed by atoms with Gasteiger partial charge in [0.15, 0.2) is 5.69 Å². The highest BCUT2D eigenvalue weighted by Crippen LogP contribution is 2.23. The van der Waals surface area contributed by atoms with Crippen LogP contribution in [0.15, 0.2) is 55.1 Å². The van der Waals surface area contributed by atoms with Gasteiger partial charge in [-0.3, -0.25) is 0 Å². The summed E-state index contributed by atoms with van der Waals surface area (Å²) in [5, 5.41) is 0. The van der Waals surface area contributed by atoms with Gasteiger partial charge in [0.2, 0.25) is 5.95 Å². The van der Waals surface area contributed by atoms with Gasteiger partial charge in [-0.15, -0.1) is 0 Å². The van der Waals surface area contributed by atoms with Crippen molar-refractivity contribution in [3.8, 4) is 16.8 Å². The fraction of sp³-hybridized carbons (Fsp3) is 0.118. The fourth-order valence-electron chi connectivity index (χ4n) is 2.21. The van der Waals surface area contributed by atoms with E-state index < -0.39 is 11.9 Å². The van der Waals surface area contributed by atoms with E-state index >= 15 is 0 Å². The molecule has 0 atom stereocenters. The van der Waals surface area contributed by atoms with Gasteiger partial charge in [-0.1, -0.05) is 12.1 Å². The Kier molecular flexibility index (Phi) is 4.14. The summed E-state index contributed by atoms with van der Waals surface area (Å²) in [6.45, 7) is 2.03. The van der Waals surface area contributed by atoms with Gasteiger partial charge in [0.05, 0.1) is 6.61 Å². The fourth-order valence-corrected chi connectivity index (χ4v) is 2.21. The second-order valence-electron chi connectivity index (χ2n) is 4.78. The summed E-state index contributed by atoms with van der Waals surface area (Å²) >= 11 is 0. The van der Waals surface area contributed by atoms with Crippen LogP contribution in [0.2, 0.25) is 0 Å². The van der Waals surface area contributed by atoms with Gasteiger partial charge in [-0.25, -0.2) is 14.8 Å². The molecule has 0 saturated heterocycles. The Bertz CT molecular complexity index is 845. The first-order valence-corrected chi connectivity index (χ1v) is 7.11. The number of benzene rings is 1. The third kappa shape index (κ3) is 3.11. The maximum Gasteiger partial charge on any atom is 0.358 e. The van der Waals surface area contributed by atoms with Crippen LogP contribution in [0.1, 0.15) is 17.4 Å². The standard InChI is InChI=1S/C17H14FN3O2/c1-2-23-17(22)15-10-21(11-20-15)13-6-3-5-12(9-13)14-7-4-8-19-16(14)18/h3-11H,2H2,1H3. The highest BCUT2D eigenvalue weighted by atomic mass is 19.1. The van der Waals surface area contributed by atoms with E-state index in [0.29, 0.717) is 17.7 Å². The van der Waals surface area contributed by atoms with Crippen molar-refractivity contribution in [3.05, 3.63) is 66.8 Å². The van der Waals surface area contributed by atoms with E-state index in [2.05, 4.69) is 9.97 Å². The van der Waals surface area contributed by atoms with E-state index in [1.54, 1.807) is 48.0 Å². The monoisotopic (exact) mass is 311 g/mol. The van der Waals surface area contributed by atoms with E-state index in [0.717, 1.165) is 5.69 Å². The van der Waals surface area contributed by atoms with E-state index in [1.165, 1.54) is 12.5 Å². The molecule has 2 aromatic heterocycles. The van der Waals surface area contributed by atoms with E-state index in [1.807, 2.05) is 6.07 Å². The third-order valence-corrected chi connectivity index (χ3v) is 3.28. The molecule has 0 aliphatic rings. The number of aromatic nitrogens is 3. The lowest BCUT2D eigenvalue weighted by Gasteiger charge is -2.06. The van der Waals surface area contributed by atoms with Crippen molar-refractivity contribution >= 4 is 5.97 Å². The first-order valence-electron chi connectivity index (χ1n) is 7.11.